The molecule has 1 aromatic rings. The van der Waals surface area contributed by atoms with Crippen molar-refractivity contribution in [2.24, 2.45) is 0 Å². The second-order valence-electron chi connectivity index (χ2n) is 5.66. The first-order chi connectivity index (χ1) is 9.46. The van der Waals surface area contributed by atoms with Crippen LogP contribution in [0.4, 0.5) is 0 Å². The lowest BCUT2D eigenvalue weighted by Gasteiger charge is -2.21. The topological polar surface area (TPSA) is 60.2 Å². The van der Waals surface area contributed by atoms with Crippen LogP contribution >= 0.6 is 0 Å². The third-order valence-corrected chi connectivity index (χ3v) is 3.56. The van der Waals surface area contributed by atoms with Crippen molar-refractivity contribution in [2.45, 2.75) is 71.9 Å². The highest BCUT2D eigenvalue weighted by Crippen LogP contribution is 2.26. The maximum atomic E-state index is 5.67. The fourth-order valence-corrected chi connectivity index (χ4v) is 2.31. The predicted molar refractivity (Wildman–Crippen MR) is 79.7 cm³/mol. The van der Waals surface area contributed by atoms with Crippen LogP contribution in [-0.2, 0) is 10.3 Å². The number of rotatable bonds is 9. The largest absolute Gasteiger partial charge is 0.368 e. The second kappa shape index (κ2) is 7.74. The monoisotopic (exact) mass is 283 g/mol. The second-order valence-corrected chi connectivity index (χ2v) is 5.66. The molecule has 116 valence electrons. The SMILES string of the molecule is CCCNC(C)C(CC)c1nc(C(C)(C)OCC)no1. The molecule has 2 atom stereocenters. The summed E-state index contributed by atoms with van der Waals surface area (Å²) in [5, 5.41) is 7.60. The number of hydrogen-bond donors (Lipinski definition) is 1. The minimum atomic E-state index is -0.505. The summed E-state index contributed by atoms with van der Waals surface area (Å²) < 4.78 is 11.1. The Morgan fingerprint density at radius 2 is 2.00 bits per heavy atom. The number of nitrogens with one attached hydrogen (secondary N) is 1. The summed E-state index contributed by atoms with van der Waals surface area (Å²) in [6.45, 7) is 14.0. The van der Waals surface area contributed by atoms with Crippen molar-refractivity contribution in [1.82, 2.24) is 15.5 Å². The van der Waals surface area contributed by atoms with Gasteiger partial charge in [-0.05, 0) is 47.1 Å². The first-order valence-corrected chi connectivity index (χ1v) is 7.67. The summed E-state index contributed by atoms with van der Waals surface area (Å²) in [5.74, 6) is 1.56. The molecule has 0 amide bonds. The minimum Gasteiger partial charge on any atom is -0.368 e. The van der Waals surface area contributed by atoms with Gasteiger partial charge in [0.1, 0.15) is 5.60 Å². The van der Waals surface area contributed by atoms with Gasteiger partial charge in [-0.15, -0.1) is 0 Å². The van der Waals surface area contributed by atoms with Crippen LogP contribution in [0.25, 0.3) is 0 Å². The van der Waals surface area contributed by atoms with Crippen molar-refractivity contribution in [3.8, 4) is 0 Å². The Morgan fingerprint density at radius 3 is 2.55 bits per heavy atom. The van der Waals surface area contributed by atoms with Gasteiger partial charge in [0.25, 0.3) is 0 Å². The number of aromatic nitrogens is 2. The molecule has 1 N–H and O–H groups in total. The van der Waals surface area contributed by atoms with Crippen molar-refractivity contribution in [1.29, 1.82) is 0 Å². The Morgan fingerprint density at radius 1 is 1.30 bits per heavy atom. The van der Waals surface area contributed by atoms with E-state index in [1.807, 2.05) is 20.8 Å². The fourth-order valence-electron chi connectivity index (χ4n) is 2.31. The van der Waals surface area contributed by atoms with Crippen LogP contribution < -0.4 is 5.32 Å². The normalized spacial score (nSPS) is 15.3. The lowest BCUT2D eigenvalue weighted by atomic mass is 9.98. The minimum absolute atomic E-state index is 0.236. The lowest BCUT2D eigenvalue weighted by Crippen LogP contribution is -2.32. The molecular weight excluding hydrogens is 254 g/mol. The third kappa shape index (κ3) is 4.28. The van der Waals surface area contributed by atoms with E-state index >= 15 is 0 Å². The summed E-state index contributed by atoms with van der Waals surface area (Å²) in [4.78, 5) is 4.56. The van der Waals surface area contributed by atoms with E-state index in [1.165, 1.54) is 0 Å². The van der Waals surface area contributed by atoms with E-state index < -0.39 is 5.60 Å². The molecule has 0 radical (unpaired) electrons. The van der Waals surface area contributed by atoms with Crippen LogP contribution in [0.2, 0.25) is 0 Å². The molecule has 1 aromatic heterocycles. The summed E-state index contributed by atoms with van der Waals surface area (Å²) in [6.07, 6.45) is 2.09. The molecule has 0 aliphatic carbocycles. The van der Waals surface area contributed by atoms with E-state index in [1.54, 1.807) is 0 Å². The van der Waals surface area contributed by atoms with Crippen molar-refractivity contribution >= 4 is 0 Å². The van der Waals surface area contributed by atoms with Crippen LogP contribution in [0.5, 0.6) is 0 Å². The Kier molecular flexibility index (Phi) is 6.62. The summed E-state index contributed by atoms with van der Waals surface area (Å²) >= 11 is 0. The van der Waals surface area contributed by atoms with Crippen LogP contribution in [0.3, 0.4) is 0 Å². The third-order valence-electron chi connectivity index (χ3n) is 3.56. The van der Waals surface area contributed by atoms with Crippen molar-refractivity contribution in [2.75, 3.05) is 13.2 Å². The summed E-state index contributed by atoms with van der Waals surface area (Å²) in [6, 6.07) is 0.323. The van der Waals surface area contributed by atoms with Gasteiger partial charge in [-0.25, -0.2) is 0 Å². The first kappa shape index (κ1) is 17.1. The van der Waals surface area contributed by atoms with Gasteiger partial charge in [0, 0.05) is 12.6 Å². The average molecular weight is 283 g/mol. The molecule has 0 fully saturated rings. The number of hydrogen-bond acceptors (Lipinski definition) is 5. The summed E-state index contributed by atoms with van der Waals surface area (Å²) in [5.41, 5.74) is -0.505. The Bertz CT molecular complexity index is 390. The quantitative estimate of drug-likeness (QED) is 0.754. The van der Waals surface area contributed by atoms with E-state index in [0.717, 1.165) is 19.4 Å². The molecule has 0 aromatic carbocycles. The Labute approximate surface area is 122 Å². The van der Waals surface area contributed by atoms with E-state index in [9.17, 15) is 0 Å². The smallest absolute Gasteiger partial charge is 0.231 e. The number of nitrogens with zero attached hydrogens (tertiary/aromatic N) is 2. The molecule has 0 saturated carbocycles. The standard InChI is InChI=1S/C15H29N3O2/c1-7-10-16-11(4)12(8-2)13-17-14(18-20-13)15(5,6)19-9-3/h11-12,16H,7-10H2,1-6H3. The van der Waals surface area contributed by atoms with Gasteiger partial charge in [-0.3, -0.25) is 0 Å². The zero-order chi connectivity index (χ0) is 15.2. The van der Waals surface area contributed by atoms with Gasteiger partial charge in [0.2, 0.25) is 11.7 Å². The molecule has 0 bridgehead atoms. The van der Waals surface area contributed by atoms with Gasteiger partial charge in [0.05, 0.1) is 5.92 Å². The van der Waals surface area contributed by atoms with Crippen LogP contribution in [0, 0.1) is 0 Å². The first-order valence-electron chi connectivity index (χ1n) is 7.67. The van der Waals surface area contributed by atoms with Crippen molar-refractivity contribution in [3.63, 3.8) is 0 Å². The van der Waals surface area contributed by atoms with Crippen molar-refractivity contribution < 1.29 is 9.26 Å². The zero-order valence-electron chi connectivity index (χ0n) is 13.7. The molecular formula is C15H29N3O2. The van der Waals surface area contributed by atoms with E-state index in [2.05, 4.69) is 36.2 Å². The maximum absolute atomic E-state index is 5.67. The molecule has 2 unspecified atom stereocenters. The van der Waals surface area contributed by atoms with Gasteiger partial charge in [-0.1, -0.05) is 19.0 Å². The average Bonchev–Trinajstić information content (AvgIpc) is 2.87. The molecule has 0 spiro atoms. The van der Waals surface area contributed by atoms with Gasteiger partial charge in [-0.2, -0.15) is 4.98 Å². The highest BCUT2D eigenvalue weighted by atomic mass is 16.5. The van der Waals surface area contributed by atoms with Crippen molar-refractivity contribution in [3.05, 3.63) is 11.7 Å². The van der Waals surface area contributed by atoms with Gasteiger partial charge >= 0.3 is 0 Å². The molecule has 1 heterocycles. The molecule has 20 heavy (non-hydrogen) atoms. The molecule has 0 saturated heterocycles. The van der Waals surface area contributed by atoms with Gasteiger partial charge < -0.3 is 14.6 Å². The molecule has 0 aliphatic heterocycles. The van der Waals surface area contributed by atoms with E-state index in [4.69, 9.17) is 9.26 Å². The molecule has 5 heteroatoms. The Hall–Kier alpha value is -0.940. The number of ether oxygens (including phenoxy) is 1. The van der Waals surface area contributed by atoms with Gasteiger partial charge in [0.15, 0.2) is 0 Å². The predicted octanol–water partition coefficient (Wildman–Crippen LogP) is 3.22. The lowest BCUT2D eigenvalue weighted by molar-refractivity contribution is -0.0221. The van der Waals surface area contributed by atoms with E-state index in [-0.39, 0.29) is 5.92 Å². The van der Waals surface area contributed by atoms with Crippen LogP contribution in [0.1, 0.15) is 72.0 Å². The molecule has 5 nitrogen and oxygen atoms in total. The highest BCUT2D eigenvalue weighted by Gasteiger charge is 2.30. The highest BCUT2D eigenvalue weighted by molar-refractivity contribution is 5.02. The maximum Gasteiger partial charge on any atom is 0.231 e. The molecule has 1 rings (SSSR count). The van der Waals surface area contributed by atoms with Crippen LogP contribution in [-0.4, -0.2) is 29.3 Å². The zero-order valence-corrected chi connectivity index (χ0v) is 13.7. The van der Waals surface area contributed by atoms with E-state index in [0.29, 0.717) is 24.4 Å². The Balaban J connectivity index is 2.82. The summed E-state index contributed by atoms with van der Waals surface area (Å²) in [7, 11) is 0. The van der Waals surface area contributed by atoms with Crippen LogP contribution in [0.15, 0.2) is 4.52 Å². The molecule has 0 aliphatic rings. The fraction of sp³-hybridized carbons (Fsp3) is 0.867.